The molecule has 0 radical (unpaired) electrons. The lowest BCUT2D eigenvalue weighted by molar-refractivity contribution is 0.0702. The third kappa shape index (κ3) is 2.03. The van der Waals surface area contributed by atoms with Crippen molar-refractivity contribution in [2.75, 3.05) is 5.32 Å². The van der Waals surface area contributed by atoms with E-state index in [1.165, 1.54) is 6.20 Å². The minimum Gasteiger partial charge on any atom is -0.477 e. The van der Waals surface area contributed by atoms with Gasteiger partial charge in [-0.2, -0.15) is 5.10 Å². The van der Waals surface area contributed by atoms with Gasteiger partial charge in [0.05, 0.1) is 11.9 Å². The van der Waals surface area contributed by atoms with Gasteiger partial charge < -0.3 is 10.4 Å². The number of carboxylic acids is 1. The van der Waals surface area contributed by atoms with Gasteiger partial charge in [-0.1, -0.05) is 11.3 Å². The summed E-state index contributed by atoms with van der Waals surface area (Å²) in [5, 5.41) is 16.5. The lowest BCUT2D eigenvalue weighted by Gasteiger charge is -2.00. The van der Waals surface area contributed by atoms with Crippen LogP contribution in [-0.2, 0) is 7.05 Å². The number of anilines is 2. The van der Waals surface area contributed by atoms with E-state index in [2.05, 4.69) is 15.4 Å². The molecule has 0 spiro atoms. The van der Waals surface area contributed by atoms with E-state index in [9.17, 15) is 4.79 Å². The van der Waals surface area contributed by atoms with E-state index in [1.807, 2.05) is 13.0 Å². The number of nitrogens with zero attached hydrogens (tertiary/aromatic N) is 3. The summed E-state index contributed by atoms with van der Waals surface area (Å²) in [4.78, 5) is 14.8. The molecular weight excluding hydrogens is 228 g/mol. The van der Waals surface area contributed by atoms with E-state index in [1.54, 1.807) is 11.7 Å². The van der Waals surface area contributed by atoms with Gasteiger partial charge in [-0.25, -0.2) is 9.78 Å². The number of aromatic nitrogens is 3. The van der Waals surface area contributed by atoms with Crippen molar-refractivity contribution in [2.24, 2.45) is 7.05 Å². The van der Waals surface area contributed by atoms with E-state index in [4.69, 9.17) is 5.11 Å². The Bertz CT molecular complexity index is 531. The molecule has 84 valence electrons. The molecule has 2 aromatic rings. The molecule has 2 aromatic heterocycles. The molecule has 7 heteroatoms. The maximum Gasteiger partial charge on any atom is 0.347 e. The number of nitrogens with one attached hydrogen (secondary N) is 1. The second-order valence-corrected chi connectivity index (χ2v) is 4.29. The van der Waals surface area contributed by atoms with Crippen LogP contribution in [0.5, 0.6) is 0 Å². The Labute approximate surface area is 95.6 Å². The van der Waals surface area contributed by atoms with Gasteiger partial charge in [-0.05, 0) is 6.92 Å². The number of thiazole rings is 1. The number of rotatable bonds is 3. The summed E-state index contributed by atoms with van der Waals surface area (Å²) in [7, 11) is 1.81. The van der Waals surface area contributed by atoms with Crippen LogP contribution < -0.4 is 5.32 Å². The quantitative estimate of drug-likeness (QED) is 0.849. The van der Waals surface area contributed by atoms with Crippen molar-refractivity contribution in [1.29, 1.82) is 0 Å². The molecule has 0 atom stereocenters. The van der Waals surface area contributed by atoms with Crippen LogP contribution in [0.1, 0.15) is 15.4 Å². The first-order valence-electron chi connectivity index (χ1n) is 4.53. The number of carbonyl (C=O) groups is 1. The van der Waals surface area contributed by atoms with Crippen molar-refractivity contribution in [3.8, 4) is 0 Å². The Morgan fingerprint density at radius 2 is 2.38 bits per heavy atom. The first-order valence-corrected chi connectivity index (χ1v) is 5.34. The molecule has 2 N–H and O–H groups in total. The predicted molar refractivity (Wildman–Crippen MR) is 60.3 cm³/mol. The van der Waals surface area contributed by atoms with Gasteiger partial charge in [0.25, 0.3) is 0 Å². The molecule has 0 saturated heterocycles. The summed E-state index contributed by atoms with van der Waals surface area (Å²) in [5.41, 5.74) is 0.889. The predicted octanol–water partition coefficient (Wildman–Crippen LogP) is 1.63. The zero-order chi connectivity index (χ0) is 11.7. The maximum atomic E-state index is 10.7. The van der Waals surface area contributed by atoms with Gasteiger partial charge in [0.15, 0.2) is 5.13 Å². The summed E-state index contributed by atoms with van der Waals surface area (Å²) in [5.74, 6) is -0.185. The molecule has 0 unspecified atom stereocenters. The highest BCUT2D eigenvalue weighted by Gasteiger charge is 2.10. The van der Waals surface area contributed by atoms with E-state index in [0.29, 0.717) is 5.13 Å². The van der Waals surface area contributed by atoms with Crippen molar-refractivity contribution in [1.82, 2.24) is 14.8 Å². The van der Waals surface area contributed by atoms with Crippen molar-refractivity contribution in [2.45, 2.75) is 6.92 Å². The Hall–Kier alpha value is -1.89. The molecule has 0 aromatic carbocycles. The van der Waals surface area contributed by atoms with Gasteiger partial charge in [0, 0.05) is 13.1 Å². The van der Waals surface area contributed by atoms with Crippen LogP contribution in [0.25, 0.3) is 0 Å². The second kappa shape index (κ2) is 3.93. The van der Waals surface area contributed by atoms with Gasteiger partial charge in [0.2, 0.25) is 0 Å². The largest absolute Gasteiger partial charge is 0.477 e. The number of carboxylic acid groups (broad SMARTS) is 1. The molecule has 0 saturated carbocycles. The minimum absolute atomic E-state index is 0.210. The minimum atomic E-state index is -0.966. The number of hydrogen-bond donors (Lipinski definition) is 2. The summed E-state index contributed by atoms with van der Waals surface area (Å²) in [6.45, 7) is 1.88. The average molecular weight is 238 g/mol. The Morgan fingerprint density at radius 3 is 2.88 bits per heavy atom. The Balaban J connectivity index is 2.20. The van der Waals surface area contributed by atoms with Crippen molar-refractivity contribution in [3.05, 3.63) is 22.8 Å². The van der Waals surface area contributed by atoms with Crippen LogP contribution in [0.4, 0.5) is 10.9 Å². The summed E-state index contributed by atoms with van der Waals surface area (Å²) < 4.78 is 1.68. The highest BCUT2D eigenvalue weighted by Crippen LogP contribution is 2.22. The topological polar surface area (TPSA) is 80.0 Å². The van der Waals surface area contributed by atoms with Gasteiger partial charge in [-0.3, -0.25) is 4.68 Å². The first kappa shape index (κ1) is 10.6. The summed E-state index contributed by atoms with van der Waals surface area (Å²) in [6.07, 6.45) is 1.33. The maximum absolute atomic E-state index is 10.7. The second-order valence-electron chi connectivity index (χ2n) is 3.25. The molecule has 2 rings (SSSR count). The zero-order valence-electron chi connectivity index (χ0n) is 8.76. The van der Waals surface area contributed by atoms with Crippen molar-refractivity contribution < 1.29 is 9.90 Å². The molecule has 0 bridgehead atoms. The normalized spacial score (nSPS) is 10.4. The summed E-state index contributed by atoms with van der Waals surface area (Å²) in [6, 6.07) is 1.86. The number of aromatic carboxylic acids is 1. The van der Waals surface area contributed by atoms with Gasteiger partial charge in [0.1, 0.15) is 10.7 Å². The smallest absolute Gasteiger partial charge is 0.347 e. The zero-order valence-corrected chi connectivity index (χ0v) is 9.58. The van der Waals surface area contributed by atoms with E-state index < -0.39 is 5.97 Å². The lowest BCUT2D eigenvalue weighted by atomic mass is 10.5. The third-order valence-corrected chi connectivity index (χ3v) is 2.85. The standard InChI is InChI=1S/C9H10N4O2S/c1-5-3-7(13(2)12-5)11-9-10-4-6(16-9)8(14)15/h3-4H,1-2H3,(H,10,11)(H,14,15). The van der Waals surface area contributed by atoms with Crippen molar-refractivity contribution >= 4 is 28.3 Å². The number of hydrogen-bond acceptors (Lipinski definition) is 5. The van der Waals surface area contributed by atoms with E-state index in [0.717, 1.165) is 22.8 Å². The fourth-order valence-electron chi connectivity index (χ4n) is 1.27. The number of aryl methyl sites for hydroxylation is 2. The molecule has 0 aliphatic rings. The van der Waals surface area contributed by atoms with Gasteiger partial charge >= 0.3 is 5.97 Å². The van der Waals surface area contributed by atoms with Crippen LogP contribution in [0, 0.1) is 6.92 Å². The van der Waals surface area contributed by atoms with Crippen molar-refractivity contribution in [3.63, 3.8) is 0 Å². The molecular formula is C9H10N4O2S. The molecule has 6 nitrogen and oxygen atoms in total. The SMILES string of the molecule is Cc1cc(Nc2ncc(C(=O)O)s2)n(C)n1. The average Bonchev–Trinajstić information content (AvgIpc) is 2.75. The molecule has 0 fully saturated rings. The van der Waals surface area contributed by atoms with E-state index in [-0.39, 0.29) is 4.88 Å². The van der Waals surface area contributed by atoms with Crippen LogP contribution >= 0.6 is 11.3 Å². The highest BCUT2D eigenvalue weighted by molar-refractivity contribution is 7.17. The third-order valence-electron chi connectivity index (χ3n) is 1.95. The van der Waals surface area contributed by atoms with Crippen LogP contribution in [0.3, 0.4) is 0 Å². The molecule has 0 aliphatic carbocycles. The molecule has 0 aliphatic heterocycles. The Kier molecular flexibility index (Phi) is 2.61. The monoisotopic (exact) mass is 238 g/mol. The molecule has 16 heavy (non-hydrogen) atoms. The van der Waals surface area contributed by atoms with Crippen LogP contribution in [-0.4, -0.2) is 25.8 Å². The van der Waals surface area contributed by atoms with Crippen LogP contribution in [0.15, 0.2) is 12.3 Å². The Morgan fingerprint density at radius 1 is 1.62 bits per heavy atom. The fourth-order valence-corrected chi connectivity index (χ4v) is 1.93. The first-order chi connectivity index (χ1) is 7.56. The van der Waals surface area contributed by atoms with E-state index >= 15 is 0 Å². The molecule has 2 heterocycles. The van der Waals surface area contributed by atoms with Gasteiger partial charge in [-0.15, -0.1) is 0 Å². The molecule has 0 amide bonds. The fraction of sp³-hybridized carbons (Fsp3) is 0.222. The van der Waals surface area contributed by atoms with Crippen LogP contribution in [0.2, 0.25) is 0 Å². The summed E-state index contributed by atoms with van der Waals surface area (Å²) >= 11 is 1.09. The lowest BCUT2D eigenvalue weighted by Crippen LogP contribution is -1.98. The highest BCUT2D eigenvalue weighted by atomic mass is 32.1.